The zero-order valence-corrected chi connectivity index (χ0v) is 15.5. The number of nitrogens with zero attached hydrogens (tertiary/aromatic N) is 2. The molecule has 4 heteroatoms. The molecule has 1 fully saturated rings. The van der Waals surface area contributed by atoms with Crippen molar-refractivity contribution in [3.8, 4) is 0 Å². The summed E-state index contributed by atoms with van der Waals surface area (Å²) in [5.41, 5.74) is 5.29. The number of hydrogen-bond acceptors (Lipinski definition) is 2. The van der Waals surface area contributed by atoms with E-state index in [4.69, 9.17) is 0 Å². The van der Waals surface area contributed by atoms with Crippen LogP contribution < -0.4 is 0 Å². The molecule has 1 saturated heterocycles. The van der Waals surface area contributed by atoms with Gasteiger partial charge in [0.1, 0.15) is 5.82 Å². The summed E-state index contributed by atoms with van der Waals surface area (Å²) in [4.78, 5) is 18.2. The van der Waals surface area contributed by atoms with Gasteiger partial charge in [0, 0.05) is 19.3 Å². The molecule has 0 bridgehead atoms. The first-order valence-corrected chi connectivity index (χ1v) is 9.45. The molecule has 0 saturated carbocycles. The molecule has 1 amide bonds. The van der Waals surface area contributed by atoms with Crippen molar-refractivity contribution in [2.24, 2.45) is 0 Å². The van der Waals surface area contributed by atoms with Crippen LogP contribution in [-0.2, 0) is 0 Å². The van der Waals surface area contributed by atoms with Gasteiger partial charge in [-0.25, -0.2) is 4.39 Å². The predicted molar refractivity (Wildman–Crippen MR) is 108 cm³/mol. The van der Waals surface area contributed by atoms with Gasteiger partial charge < -0.3 is 4.90 Å². The van der Waals surface area contributed by atoms with E-state index in [0.29, 0.717) is 18.7 Å². The third kappa shape index (κ3) is 3.86. The first kappa shape index (κ1) is 18.1. The molecule has 4 rings (SSSR count). The Morgan fingerprint density at radius 3 is 1.93 bits per heavy atom. The molecule has 0 atom stereocenters. The van der Waals surface area contributed by atoms with E-state index in [9.17, 15) is 9.18 Å². The second kappa shape index (κ2) is 8.17. The summed E-state index contributed by atoms with van der Waals surface area (Å²) in [5.74, 6) is -0.647. The predicted octanol–water partition coefficient (Wildman–Crippen LogP) is 4.96. The van der Waals surface area contributed by atoms with Gasteiger partial charge in [0.15, 0.2) is 0 Å². The number of pyridine rings is 1. The highest BCUT2D eigenvalue weighted by atomic mass is 19.1. The number of likely N-dealkylation sites (tertiary alicyclic amines) is 1. The van der Waals surface area contributed by atoms with Crippen molar-refractivity contribution < 1.29 is 9.18 Å². The van der Waals surface area contributed by atoms with Gasteiger partial charge in [-0.15, -0.1) is 0 Å². The fraction of sp³-hybridized carbons (Fsp3) is 0.167. The molecule has 28 heavy (non-hydrogen) atoms. The lowest BCUT2D eigenvalue weighted by Gasteiger charge is -2.30. The van der Waals surface area contributed by atoms with Crippen molar-refractivity contribution in [3.05, 3.63) is 107 Å². The van der Waals surface area contributed by atoms with E-state index in [-0.39, 0.29) is 5.91 Å². The Hall–Kier alpha value is -3.27. The third-order valence-electron chi connectivity index (χ3n) is 5.08. The van der Waals surface area contributed by atoms with E-state index in [1.807, 2.05) is 12.1 Å². The van der Waals surface area contributed by atoms with Gasteiger partial charge in [-0.2, -0.15) is 0 Å². The quantitative estimate of drug-likeness (QED) is 0.651. The molecule has 2 heterocycles. The molecule has 3 aromatic rings. The zero-order chi connectivity index (χ0) is 19.3. The molecule has 3 nitrogen and oxygen atoms in total. The highest BCUT2D eigenvalue weighted by Gasteiger charge is 2.23. The maximum absolute atomic E-state index is 13.4. The third-order valence-corrected chi connectivity index (χ3v) is 5.08. The van der Waals surface area contributed by atoms with E-state index in [1.165, 1.54) is 34.5 Å². The van der Waals surface area contributed by atoms with Crippen LogP contribution in [0.25, 0.3) is 5.57 Å². The number of piperidine rings is 1. The van der Waals surface area contributed by atoms with Crippen LogP contribution in [0.3, 0.4) is 0 Å². The minimum Gasteiger partial charge on any atom is -0.338 e. The molecule has 0 radical (unpaired) electrons. The Bertz CT molecular complexity index is 948. The number of benzene rings is 2. The summed E-state index contributed by atoms with van der Waals surface area (Å²) in [6.07, 6.45) is 4.14. The number of carbonyl (C=O) groups is 1. The number of amides is 1. The van der Waals surface area contributed by atoms with E-state index in [0.717, 1.165) is 19.0 Å². The molecule has 140 valence electrons. The zero-order valence-electron chi connectivity index (χ0n) is 15.5. The number of hydrogen-bond donors (Lipinski definition) is 0. The molecule has 0 unspecified atom stereocenters. The summed E-state index contributed by atoms with van der Waals surface area (Å²) >= 11 is 0. The number of halogens is 1. The van der Waals surface area contributed by atoms with Crippen molar-refractivity contribution in [2.45, 2.75) is 12.8 Å². The van der Waals surface area contributed by atoms with Gasteiger partial charge in [-0.1, -0.05) is 66.2 Å². The summed E-state index contributed by atoms with van der Waals surface area (Å²) in [6, 6.07) is 22.0. The van der Waals surface area contributed by atoms with Crippen LogP contribution in [0.5, 0.6) is 0 Å². The van der Waals surface area contributed by atoms with Crippen LogP contribution in [0.1, 0.15) is 34.3 Å². The second-order valence-corrected chi connectivity index (χ2v) is 6.89. The Balaban J connectivity index is 1.60. The smallest absolute Gasteiger partial charge is 0.255 e. The minimum absolute atomic E-state index is 0.160. The maximum atomic E-state index is 13.4. The first-order chi connectivity index (χ1) is 13.7. The van der Waals surface area contributed by atoms with Crippen molar-refractivity contribution >= 4 is 11.5 Å². The van der Waals surface area contributed by atoms with Gasteiger partial charge in [0.05, 0.1) is 11.8 Å². The molecule has 1 aromatic heterocycles. The number of rotatable bonds is 3. The lowest BCUT2D eigenvalue weighted by Crippen LogP contribution is -2.36. The van der Waals surface area contributed by atoms with Crippen molar-refractivity contribution in [3.63, 3.8) is 0 Å². The lowest BCUT2D eigenvalue weighted by atomic mass is 9.88. The van der Waals surface area contributed by atoms with Crippen LogP contribution in [0.4, 0.5) is 4.39 Å². The molecular formula is C24H21FN2O. The van der Waals surface area contributed by atoms with Crippen LogP contribution >= 0.6 is 0 Å². The van der Waals surface area contributed by atoms with Gasteiger partial charge in [-0.3, -0.25) is 9.78 Å². The fourth-order valence-corrected chi connectivity index (χ4v) is 3.73. The number of aromatic nitrogens is 1. The van der Waals surface area contributed by atoms with Gasteiger partial charge in [0.2, 0.25) is 0 Å². The van der Waals surface area contributed by atoms with Crippen LogP contribution in [0.2, 0.25) is 0 Å². The van der Waals surface area contributed by atoms with Crippen molar-refractivity contribution in [1.82, 2.24) is 9.88 Å². The molecule has 0 aliphatic carbocycles. The van der Waals surface area contributed by atoms with Gasteiger partial charge in [-0.05, 0) is 35.6 Å². The van der Waals surface area contributed by atoms with E-state index >= 15 is 0 Å². The highest BCUT2D eigenvalue weighted by molar-refractivity contribution is 5.94. The first-order valence-electron chi connectivity index (χ1n) is 9.45. The van der Waals surface area contributed by atoms with Crippen LogP contribution in [0.15, 0.2) is 84.7 Å². The minimum atomic E-state index is -0.487. The van der Waals surface area contributed by atoms with Gasteiger partial charge >= 0.3 is 0 Å². The monoisotopic (exact) mass is 372 g/mol. The SMILES string of the molecule is O=C(c1cncc(F)c1)N1CCC(=C(c2ccccc2)c2ccccc2)CC1. The Morgan fingerprint density at radius 1 is 0.821 bits per heavy atom. The second-order valence-electron chi connectivity index (χ2n) is 6.89. The number of carbonyl (C=O) groups excluding carboxylic acids is 1. The van der Waals surface area contributed by atoms with E-state index in [1.54, 1.807) is 4.90 Å². The summed E-state index contributed by atoms with van der Waals surface area (Å²) in [6.45, 7) is 1.24. The van der Waals surface area contributed by atoms with Crippen LogP contribution in [0, 0.1) is 5.82 Å². The van der Waals surface area contributed by atoms with Gasteiger partial charge in [0.25, 0.3) is 5.91 Å². The molecule has 1 aliphatic rings. The van der Waals surface area contributed by atoms with Crippen LogP contribution in [-0.4, -0.2) is 28.9 Å². The standard InChI is InChI=1S/C24H21FN2O/c25-22-15-21(16-26-17-22)24(28)27-13-11-20(12-14-27)23(18-7-3-1-4-8-18)19-9-5-2-6-10-19/h1-10,15-17H,11-14H2. The Labute approximate surface area is 164 Å². The molecule has 0 spiro atoms. The molecule has 2 aromatic carbocycles. The highest BCUT2D eigenvalue weighted by Crippen LogP contribution is 2.32. The van der Waals surface area contributed by atoms with E-state index in [2.05, 4.69) is 53.5 Å². The topological polar surface area (TPSA) is 33.2 Å². The summed E-state index contributed by atoms with van der Waals surface area (Å²) in [5, 5.41) is 0. The van der Waals surface area contributed by atoms with E-state index < -0.39 is 5.82 Å². The summed E-state index contributed by atoms with van der Waals surface area (Å²) in [7, 11) is 0. The Morgan fingerprint density at radius 2 is 1.39 bits per heavy atom. The summed E-state index contributed by atoms with van der Waals surface area (Å²) < 4.78 is 13.4. The molecule has 1 aliphatic heterocycles. The maximum Gasteiger partial charge on any atom is 0.255 e. The largest absolute Gasteiger partial charge is 0.338 e. The fourth-order valence-electron chi connectivity index (χ4n) is 3.73. The molecule has 0 N–H and O–H groups in total. The normalized spacial score (nSPS) is 14.0. The lowest BCUT2D eigenvalue weighted by molar-refractivity contribution is 0.0743. The average Bonchev–Trinajstić information content (AvgIpc) is 2.75. The van der Waals surface area contributed by atoms with Crippen molar-refractivity contribution in [2.75, 3.05) is 13.1 Å². The van der Waals surface area contributed by atoms with Crippen molar-refractivity contribution in [1.29, 1.82) is 0 Å². The Kier molecular flexibility index (Phi) is 5.29. The average molecular weight is 372 g/mol. The molecular weight excluding hydrogens is 351 g/mol.